The third-order valence-electron chi connectivity index (χ3n) is 8.60. The molecule has 0 heterocycles. The van der Waals surface area contributed by atoms with Crippen LogP contribution in [-0.2, 0) is 9.22 Å². The summed E-state index contributed by atoms with van der Waals surface area (Å²) in [5.41, 5.74) is 2.88. The summed E-state index contributed by atoms with van der Waals surface area (Å²) in [5.74, 6) is 1.26. The number of fused-ring (bicyclic) bond motifs is 1. The van der Waals surface area contributed by atoms with Crippen LogP contribution in [0.5, 0.6) is 0 Å². The molecule has 1 saturated carbocycles. The summed E-state index contributed by atoms with van der Waals surface area (Å²) in [7, 11) is -1.70. The van der Waals surface area contributed by atoms with E-state index in [1.807, 2.05) is 0 Å². The van der Waals surface area contributed by atoms with Crippen LogP contribution < -0.4 is 0 Å². The van der Waals surface area contributed by atoms with Gasteiger partial charge in [-0.25, -0.2) is 0 Å². The van der Waals surface area contributed by atoms with Crippen molar-refractivity contribution in [2.75, 3.05) is 6.61 Å². The van der Waals surface area contributed by atoms with Gasteiger partial charge in [-0.15, -0.1) is 0 Å². The minimum atomic E-state index is -1.70. The lowest BCUT2D eigenvalue weighted by Crippen LogP contribution is -2.48. The zero-order chi connectivity index (χ0) is 19.3. The number of allylic oxidation sites excluding steroid dienone is 2. The molecule has 0 spiro atoms. The Balaban J connectivity index is 2.17. The Hall–Kier alpha value is -0.413. The number of carbonyl (C=O) groups is 1. The monoisotopic (exact) mass is 364 g/mol. The van der Waals surface area contributed by atoms with Crippen molar-refractivity contribution in [2.45, 2.75) is 92.3 Å². The van der Waals surface area contributed by atoms with E-state index in [-0.39, 0.29) is 15.9 Å². The van der Waals surface area contributed by atoms with Gasteiger partial charge in [-0.2, -0.15) is 0 Å². The highest BCUT2D eigenvalue weighted by Gasteiger charge is 2.55. The molecule has 0 aromatic heterocycles. The lowest BCUT2D eigenvalue weighted by molar-refractivity contribution is -0.105. The van der Waals surface area contributed by atoms with Crippen molar-refractivity contribution in [3.63, 3.8) is 0 Å². The highest BCUT2D eigenvalue weighted by atomic mass is 28.4. The van der Waals surface area contributed by atoms with Crippen LogP contribution in [0.3, 0.4) is 0 Å². The Bertz CT molecular complexity index is 557. The van der Waals surface area contributed by atoms with Crippen LogP contribution in [0.2, 0.25) is 18.1 Å². The molecular weight excluding hydrogens is 324 g/mol. The Morgan fingerprint density at radius 3 is 2.40 bits per heavy atom. The fourth-order valence-corrected chi connectivity index (χ4v) is 6.08. The fraction of sp³-hybridized carbons (Fsp3) is 0.864. The van der Waals surface area contributed by atoms with Gasteiger partial charge in [0.2, 0.25) is 0 Å². The van der Waals surface area contributed by atoms with Gasteiger partial charge >= 0.3 is 0 Å². The van der Waals surface area contributed by atoms with E-state index in [0.29, 0.717) is 11.8 Å². The van der Waals surface area contributed by atoms with Gasteiger partial charge in [0.1, 0.15) is 6.29 Å². The Morgan fingerprint density at radius 1 is 1.28 bits per heavy atom. The number of hydrogen-bond acceptors (Lipinski definition) is 2. The maximum absolute atomic E-state index is 11.6. The minimum absolute atomic E-state index is 0.203. The number of rotatable bonds is 5. The molecule has 2 aliphatic carbocycles. The van der Waals surface area contributed by atoms with Gasteiger partial charge in [-0.1, -0.05) is 47.1 Å². The average Bonchev–Trinajstić information content (AvgIpc) is 2.75. The Morgan fingerprint density at radius 2 is 1.88 bits per heavy atom. The van der Waals surface area contributed by atoms with Crippen LogP contribution in [0, 0.1) is 22.7 Å². The second-order valence-electron chi connectivity index (χ2n) is 10.7. The van der Waals surface area contributed by atoms with Crippen molar-refractivity contribution < 1.29 is 9.22 Å². The van der Waals surface area contributed by atoms with Gasteiger partial charge in [-0.05, 0) is 79.0 Å². The summed E-state index contributed by atoms with van der Waals surface area (Å²) >= 11 is 0. The van der Waals surface area contributed by atoms with Crippen LogP contribution >= 0.6 is 0 Å². The van der Waals surface area contributed by atoms with Crippen LogP contribution in [0.25, 0.3) is 0 Å². The molecule has 0 aliphatic heterocycles. The molecule has 0 bridgehead atoms. The fourth-order valence-electron chi connectivity index (χ4n) is 5.04. The van der Waals surface area contributed by atoms with Gasteiger partial charge in [-0.3, -0.25) is 4.79 Å². The summed E-state index contributed by atoms with van der Waals surface area (Å²) < 4.78 is 6.53. The summed E-state index contributed by atoms with van der Waals surface area (Å²) in [4.78, 5) is 11.6. The highest BCUT2D eigenvalue weighted by Crippen LogP contribution is 2.63. The molecule has 0 amide bonds. The number of hydrogen-bond donors (Lipinski definition) is 0. The molecule has 25 heavy (non-hydrogen) atoms. The molecule has 2 aliphatic rings. The van der Waals surface area contributed by atoms with Gasteiger partial charge in [0.25, 0.3) is 0 Å². The average molecular weight is 365 g/mol. The van der Waals surface area contributed by atoms with E-state index in [0.717, 1.165) is 31.3 Å². The minimum Gasteiger partial charge on any atom is -0.417 e. The summed E-state index contributed by atoms with van der Waals surface area (Å²) in [6.07, 6.45) is 5.68. The third-order valence-corrected chi connectivity index (χ3v) is 13.1. The van der Waals surface area contributed by atoms with Gasteiger partial charge in [0.05, 0.1) is 0 Å². The highest BCUT2D eigenvalue weighted by molar-refractivity contribution is 6.74. The molecule has 0 N–H and O–H groups in total. The van der Waals surface area contributed by atoms with E-state index in [1.54, 1.807) is 0 Å². The molecule has 2 nitrogen and oxygen atoms in total. The smallest absolute Gasteiger partial charge is 0.191 e. The number of aldehydes is 1. The van der Waals surface area contributed by atoms with Gasteiger partial charge in [0, 0.05) is 6.61 Å². The van der Waals surface area contributed by atoms with Crippen molar-refractivity contribution in [3.8, 4) is 0 Å². The predicted molar refractivity (Wildman–Crippen MR) is 109 cm³/mol. The first kappa shape index (κ1) is 20.9. The van der Waals surface area contributed by atoms with E-state index >= 15 is 0 Å². The Labute approximate surface area is 156 Å². The maximum atomic E-state index is 11.6. The third kappa shape index (κ3) is 3.43. The zero-order valence-corrected chi connectivity index (χ0v) is 19.1. The summed E-state index contributed by atoms with van der Waals surface area (Å²) in [6.45, 7) is 22.0. The van der Waals surface area contributed by atoms with Crippen molar-refractivity contribution >= 4 is 14.6 Å². The summed E-state index contributed by atoms with van der Waals surface area (Å²) in [5, 5.41) is 0.261. The second-order valence-corrected chi connectivity index (χ2v) is 15.6. The molecule has 144 valence electrons. The largest absolute Gasteiger partial charge is 0.417 e. The molecule has 0 aromatic rings. The molecule has 0 aromatic carbocycles. The van der Waals surface area contributed by atoms with E-state index in [4.69, 9.17) is 4.43 Å². The Kier molecular flexibility index (Phi) is 5.54. The normalized spacial score (nSPS) is 36.5. The first-order valence-corrected chi connectivity index (χ1v) is 13.0. The van der Waals surface area contributed by atoms with E-state index < -0.39 is 8.32 Å². The van der Waals surface area contributed by atoms with Crippen LogP contribution in [-0.4, -0.2) is 21.2 Å². The lowest BCUT2D eigenvalue weighted by atomic mass is 9.51. The molecule has 2 rings (SSSR count). The molecular formula is C22H40O2Si. The zero-order valence-electron chi connectivity index (χ0n) is 18.1. The second kappa shape index (κ2) is 6.63. The van der Waals surface area contributed by atoms with Crippen molar-refractivity contribution in [2.24, 2.45) is 22.7 Å². The predicted octanol–water partition coefficient (Wildman–Crippen LogP) is 6.38. The van der Waals surface area contributed by atoms with Gasteiger partial charge < -0.3 is 4.43 Å². The first-order valence-electron chi connectivity index (χ1n) is 10.1. The van der Waals surface area contributed by atoms with Gasteiger partial charge in [0.15, 0.2) is 8.32 Å². The summed E-state index contributed by atoms with van der Waals surface area (Å²) in [6, 6.07) is 0. The SMILES string of the molecule is CC1=C(C=O)C[C@@H]2[C@@](C)(CCO[Si](C)(C)C(C)(C)C)[C@H](C)CC[C@@]12C. The lowest BCUT2D eigenvalue weighted by Gasteiger charge is -2.54. The van der Waals surface area contributed by atoms with Crippen LogP contribution in [0.1, 0.15) is 74.1 Å². The molecule has 4 atom stereocenters. The molecule has 1 fully saturated rings. The maximum Gasteiger partial charge on any atom is 0.191 e. The molecule has 0 radical (unpaired) electrons. The standard InChI is InChI=1S/C22H40O2Si/c1-16-10-11-22(7)17(2)18(15-23)14-19(22)21(16,6)12-13-24-25(8,9)20(3,4)5/h15-16,19H,10-14H2,1-9H3/t16-,19-,21+,22+/m1/s1. The number of carbonyl (C=O) groups excluding carboxylic acids is 1. The van der Waals surface area contributed by atoms with Crippen molar-refractivity contribution in [1.82, 2.24) is 0 Å². The van der Waals surface area contributed by atoms with Crippen molar-refractivity contribution in [3.05, 3.63) is 11.1 Å². The van der Waals surface area contributed by atoms with Crippen LogP contribution in [0.15, 0.2) is 11.1 Å². The topological polar surface area (TPSA) is 26.3 Å². The first-order chi connectivity index (χ1) is 11.3. The van der Waals surface area contributed by atoms with E-state index in [9.17, 15) is 4.79 Å². The van der Waals surface area contributed by atoms with Crippen molar-refractivity contribution in [1.29, 1.82) is 0 Å². The molecule has 3 heteroatoms. The quantitative estimate of drug-likeness (QED) is 0.418. The molecule has 0 saturated heterocycles. The van der Waals surface area contributed by atoms with E-state index in [1.165, 1.54) is 18.4 Å². The van der Waals surface area contributed by atoms with E-state index in [2.05, 4.69) is 61.6 Å². The van der Waals surface area contributed by atoms with Crippen LogP contribution in [0.4, 0.5) is 0 Å². The molecule has 0 unspecified atom stereocenters.